The van der Waals surface area contributed by atoms with E-state index in [1.165, 1.54) is 4.88 Å². The summed E-state index contributed by atoms with van der Waals surface area (Å²) in [5, 5.41) is 13.9. The number of nitrogens with two attached hydrogens (primary N) is 1. The number of hydrogen-bond donors (Lipinski definition) is 2. The van der Waals surface area contributed by atoms with Crippen LogP contribution in [0.5, 0.6) is 0 Å². The molecule has 104 valence electrons. The second-order valence-electron chi connectivity index (χ2n) is 4.11. The van der Waals surface area contributed by atoms with E-state index in [1.807, 2.05) is 6.07 Å². The molecule has 3 heterocycles. The molecule has 0 spiro atoms. The lowest BCUT2D eigenvalue weighted by Gasteiger charge is -2.03. The number of thiophene rings is 2. The molecule has 0 aliphatic heterocycles. The Labute approximate surface area is 128 Å². The molecule has 0 bridgehead atoms. The lowest BCUT2D eigenvalue weighted by atomic mass is 10.2. The SMILES string of the molecule is Nc1nc(CSCCO)nc2scc(-c3cccs3)c12. The highest BCUT2D eigenvalue weighted by Gasteiger charge is 2.14. The van der Waals surface area contributed by atoms with Crippen LogP contribution in [0.15, 0.2) is 22.9 Å². The van der Waals surface area contributed by atoms with E-state index in [0.717, 1.165) is 21.6 Å². The van der Waals surface area contributed by atoms with Crippen molar-refractivity contribution in [2.24, 2.45) is 0 Å². The summed E-state index contributed by atoms with van der Waals surface area (Å²) >= 11 is 4.89. The molecule has 0 aliphatic carbocycles. The van der Waals surface area contributed by atoms with Crippen molar-refractivity contribution in [2.45, 2.75) is 5.75 Å². The molecule has 0 radical (unpaired) electrons. The zero-order valence-corrected chi connectivity index (χ0v) is 13.0. The van der Waals surface area contributed by atoms with Crippen LogP contribution < -0.4 is 5.73 Å². The van der Waals surface area contributed by atoms with Crippen molar-refractivity contribution >= 4 is 50.5 Å². The number of hydrogen-bond acceptors (Lipinski definition) is 7. The molecule has 0 atom stereocenters. The highest BCUT2D eigenvalue weighted by molar-refractivity contribution is 7.98. The van der Waals surface area contributed by atoms with E-state index in [9.17, 15) is 0 Å². The van der Waals surface area contributed by atoms with Crippen molar-refractivity contribution < 1.29 is 5.11 Å². The fourth-order valence-corrected chi connectivity index (χ4v) is 4.29. The zero-order valence-electron chi connectivity index (χ0n) is 10.6. The number of fused-ring (bicyclic) bond motifs is 1. The van der Waals surface area contributed by atoms with E-state index in [4.69, 9.17) is 10.8 Å². The Morgan fingerprint density at radius 2 is 2.20 bits per heavy atom. The fraction of sp³-hybridized carbons (Fsp3) is 0.231. The first-order valence-corrected chi connectivity index (χ1v) is 8.97. The molecular formula is C13H13N3OS3. The maximum Gasteiger partial charge on any atom is 0.142 e. The van der Waals surface area contributed by atoms with Gasteiger partial charge < -0.3 is 10.8 Å². The fourth-order valence-electron chi connectivity index (χ4n) is 1.92. The second-order valence-corrected chi connectivity index (χ2v) is 7.02. The van der Waals surface area contributed by atoms with E-state index in [-0.39, 0.29) is 6.61 Å². The van der Waals surface area contributed by atoms with Crippen molar-refractivity contribution in [3.05, 3.63) is 28.7 Å². The summed E-state index contributed by atoms with van der Waals surface area (Å²) in [6.07, 6.45) is 0. The highest BCUT2D eigenvalue weighted by Crippen LogP contribution is 2.38. The molecule has 0 fully saturated rings. The second kappa shape index (κ2) is 6.09. The van der Waals surface area contributed by atoms with Gasteiger partial charge in [0.2, 0.25) is 0 Å². The molecule has 0 amide bonds. The maximum atomic E-state index is 8.80. The van der Waals surface area contributed by atoms with Gasteiger partial charge in [-0.15, -0.1) is 22.7 Å². The quantitative estimate of drug-likeness (QED) is 0.705. The van der Waals surface area contributed by atoms with E-state index in [2.05, 4.69) is 26.8 Å². The smallest absolute Gasteiger partial charge is 0.142 e. The molecule has 3 aromatic rings. The average Bonchev–Trinajstić information content (AvgIpc) is 3.07. The van der Waals surface area contributed by atoms with Crippen molar-refractivity contribution in [1.82, 2.24) is 9.97 Å². The number of aromatic nitrogens is 2. The Kier molecular flexibility index (Phi) is 4.21. The van der Waals surface area contributed by atoms with E-state index in [1.54, 1.807) is 34.4 Å². The number of aliphatic hydroxyl groups excluding tert-OH is 1. The van der Waals surface area contributed by atoms with Gasteiger partial charge in [-0.05, 0) is 11.4 Å². The van der Waals surface area contributed by atoms with Gasteiger partial charge in [0.15, 0.2) is 0 Å². The Morgan fingerprint density at radius 1 is 1.30 bits per heavy atom. The molecule has 0 unspecified atom stereocenters. The summed E-state index contributed by atoms with van der Waals surface area (Å²) < 4.78 is 0. The Morgan fingerprint density at radius 3 is 2.95 bits per heavy atom. The zero-order chi connectivity index (χ0) is 13.9. The monoisotopic (exact) mass is 323 g/mol. The summed E-state index contributed by atoms with van der Waals surface area (Å²) in [5.41, 5.74) is 7.23. The third kappa shape index (κ3) is 2.67. The van der Waals surface area contributed by atoms with Crippen LogP contribution >= 0.6 is 34.4 Å². The molecule has 0 aromatic carbocycles. The molecule has 0 aliphatic rings. The van der Waals surface area contributed by atoms with Crippen LogP contribution in [0, 0.1) is 0 Å². The molecule has 0 saturated carbocycles. The normalized spacial score (nSPS) is 11.2. The van der Waals surface area contributed by atoms with Crippen molar-refractivity contribution in [2.75, 3.05) is 18.1 Å². The largest absolute Gasteiger partial charge is 0.396 e. The number of nitrogen functional groups attached to an aromatic ring is 1. The van der Waals surface area contributed by atoms with Gasteiger partial charge in [0.1, 0.15) is 16.5 Å². The minimum Gasteiger partial charge on any atom is -0.396 e. The van der Waals surface area contributed by atoms with Gasteiger partial charge in [0, 0.05) is 21.6 Å². The first-order valence-electron chi connectivity index (χ1n) is 6.05. The van der Waals surface area contributed by atoms with Gasteiger partial charge in [-0.25, -0.2) is 9.97 Å². The van der Waals surface area contributed by atoms with E-state index in [0.29, 0.717) is 17.3 Å². The maximum absolute atomic E-state index is 8.80. The first-order chi connectivity index (χ1) is 9.79. The van der Waals surface area contributed by atoms with Gasteiger partial charge in [0.05, 0.1) is 17.7 Å². The molecule has 3 N–H and O–H groups in total. The van der Waals surface area contributed by atoms with Crippen molar-refractivity contribution in [3.63, 3.8) is 0 Å². The standard InChI is InChI=1S/C13H13N3OS3/c14-12-11-8(9-2-1-4-19-9)6-20-13(11)16-10(15-12)7-18-5-3-17/h1-2,4,6,17H,3,5,7H2,(H2,14,15,16). The summed E-state index contributed by atoms with van der Waals surface area (Å²) in [7, 11) is 0. The molecule has 20 heavy (non-hydrogen) atoms. The number of aliphatic hydroxyl groups is 1. The minimum atomic E-state index is 0.171. The van der Waals surface area contributed by atoms with Gasteiger partial charge in [-0.3, -0.25) is 0 Å². The van der Waals surface area contributed by atoms with Crippen LogP contribution in [0.4, 0.5) is 5.82 Å². The van der Waals surface area contributed by atoms with Gasteiger partial charge in [-0.1, -0.05) is 6.07 Å². The molecular weight excluding hydrogens is 310 g/mol. The lowest BCUT2D eigenvalue weighted by Crippen LogP contribution is -1.99. The lowest BCUT2D eigenvalue weighted by molar-refractivity contribution is 0.322. The molecule has 7 heteroatoms. The van der Waals surface area contributed by atoms with E-state index < -0.39 is 0 Å². The predicted octanol–water partition coefficient (Wildman–Crippen LogP) is 3.23. The summed E-state index contributed by atoms with van der Waals surface area (Å²) in [4.78, 5) is 11.1. The Hall–Kier alpha value is -1.15. The molecule has 3 rings (SSSR count). The van der Waals surface area contributed by atoms with Crippen LogP contribution in [0.1, 0.15) is 5.82 Å². The summed E-state index contributed by atoms with van der Waals surface area (Å²) in [6.45, 7) is 0.171. The summed E-state index contributed by atoms with van der Waals surface area (Å²) in [5.74, 6) is 2.63. The molecule has 3 aromatic heterocycles. The van der Waals surface area contributed by atoms with Crippen LogP contribution in [0.3, 0.4) is 0 Å². The number of rotatable bonds is 5. The van der Waals surface area contributed by atoms with Gasteiger partial charge >= 0.3 is 0 Å². The Bertz CT molecular complexity index is 709. The molecule has 0 saturated heterocycles. The van der Waals surface area contributed by atoms with Gasteiger partial charge in [-0.2, -0.15) is 11.8 Å². The minimum absolute atomic E-state index is 0.171. The number of anilines is 1. The number of thioether (sulfide) groups is 1. The van der Waals surface area contributed by atoms with Crippen LogP contribution in [0.2, 0.25) is 0 Å². The first kappa shape index (κ1) is 13.8. The average molecular weight is 323 g/mol. The van der Waals surface area contributed by atoms with Gasteiger partial charge in [0.25, 0.3) is 0 Å². The van der Waals surface area contributed by atoms with E-state index >= 15 is 0 Å². The third-order valence-electron chi connectivity index (χ3n) is 2.76. The van der Waals surface area contributed by atoms with Crippen LogP contribution in [0.25, 0.3) is 20.7 Å². The highest BCUT2D eigenvalue weighted by atomic mass is 32.2. The van der Waals surface area contributed by atoms with Crippen molar-refractivity contribution in [3.8, 4) is 10.4 Å². The third-order valence-corrected chi connectivity index (χ3v) is 5.47. The topological polar surface area (TPSA) is 72.0 Å². The Balaban J connectivity index is 1.98. The predicted molar refractivity (Wildman–Crippen MR) is 88.4 cm³/mol. The van der Waals surface area contributed by atoms with Crippen LogP contribution in [-0.4, -0.2) is 27.4 Å². The number of nitrogens with zero attached hydrogens (tertiary/aromatic N) is 2. The molecule has 4 nitrogen and oxygen atoms in total. The van der Waals surface area contributed by atoms with Crippen molar-refractivity contribution in [1.29, 1.82) is 0 Å². The van der Waals surface area contributed by atoms with Crippen LogP contribution in [-0.2, 0) is 5.75 Å². The summed E-state index contributed by atoms with van der Waals surface area (Å²) in [6, 6.07) is 4.11.